The molecule has 0 radical (unpaired) electrons. The molecule has 2 heterocycles. The lowest BCUT2D eigenvalue weighted by Crippen LogP contribution is -2.53. The minimum Gasteiger partial charge on any atom is -0.489 e. The number of nitrogens with one attached hydrogen (secondary N) is 3. The van der Waals surface area contributed by atoms with Crippen LogP contribution < -0.4 is 15.5 Å². The van der Waals surface area contributed by atoms with Crippen LogP contribution in [0.15, 0.2) is 30.5 Å². The molecular weight excluding hydrogens is 398 g/mol. The van der Waals surface area contributed by atoms with Crippen molar-refractivity contribution < 1.29 is 19.5 Å². The number of carbonyl (C=O) groups is 2. The van der Waals surface area contributed by atoms with Gasteiger partial charge in [0.15, 0.2) is 0 Å². The zero-order valence-electron chi connectivity index (χ0n) is 17.9. The molecule has 1 aromatic heterocycles. The van der Waals surface area contributed by atoms with Crippen molar-refractivity contribution in [3.8, 4) is 5.75 Å². The van der Waals surface area contributed by atoms with Gasteiger partial charge in [-0.15, -0.1) is 0 Å². The molecule has 1 fully saturated rings. The normalized spacial score (nSPS) is 16.1. The summed E-state index contributed by atoms with van der Waals surface area (Å²) in [5.74, 6) is -0.130. The van der Waals surface area contributed by atoms with Crippen molar-refractivity contribution in [3.63, 3.8) is 0 Å². The fourth-order valence-electron chi connectivity index (χ4n) is 3.72. The number of aromatic nitrogens is 2. The monoisotopic (exact) mass is 429 g/mol. The highest BCUT2D eigenvalue weighted by molar-refractivity contribution is 5.94. The number of hydrogen-bond donors (Lipinski definition) is 4. The SMILES string of the molecule is Cc1[nH]ncc1COc1ccc(C(=O)NC[C@@H](C(=O)NO)N2CCCCCCC2)cc1. The maximum atomic E-state index is 12.6. The average molecular weight is 430 g/mol. The summed E-state index contributed by atoms with van der Waals surface area (Å²) < 4.78 is 5.73. The van der Waals surface area contributed by atoms with Crippen LogP contribution in [-0.2, 0) is 11.4 Å². The Hall–Kier alpha value is -2.91. The second-order valence-corrected chi connectivity index (χ2v) is 7.84. The van der Waals surface area contributed by atoms with Gasteiger partial charge in [0.25, 0.3) is 11.8 Å². The maximum absolute atomic E-state index is 12.6. The van der Waals surface area contributed by atoms with Crippen LogP contribution in [0.2, 0.25) is 0 Å². The molecule has 0 unspecified atom stereocenters. The Labute approximate surface area is 182 Å². The molecule has 1 aliphatic rings. The topological polar surface area (TPSA) is 120 Å². The smallest absolute Gasteiger partial charge is 0.262 e. The molecule has 1 aromatic carbocycles. The molecule has 31 heavy (non-hydrogen) atoms. The first kappa shape index (κ1) is 22.8. The van der Waals surface area contributed by atoms with Crippen LogP contribution in [0.3, 0.4) is 0 Å². The fourth-order valence-corrected chi connectivity index (χ4v) is 3.72. The van der Waals surface area contributed by atoms with Crippen LogP contribution >= 0.6 is 0 Å². The highest BCUT2D eigenvalue weighted by Gasteiger charge is 2.26. The predicted octanol–water partition coefficient (Wildman–Crippen LogP) is 2.17. The molecule has 9 heteroatoms. The number of hydrogen-bond acceptors (Lipinski definition) is 6. The maximum Gasteiger partial charge on any atom is 0.262 e. The molecule has 2 amide bonds. The molecule has 3 rings (SSSR count). The number of nitrogens with zero attached hydrogens (tertiary/aromatic N) is 2. The number of ether oxygens (including phenoxy) is 1. The van der Waals surface area contributed by atoms with Gasteiger partial charge in [-0.3, -0.25) is 24.8 Å². The molecule has 1 atom stereocenters. The van der Waals surface area contributed by atoms with Crippen molar-refractivity contribution >= 4 is 11.8 Å². The van der Waals surface area contributed by atoms with Crippen molar-refractivity contribution in [1.29, 1.82) is 0 Å². The molecule has 168 valence electrons. The average Bonchev–Trinajstić information content (AvgIpc) is 3.18. The number of aryl methyl sites for hydroxylation is 1. The van der Waals surface area contributed by atoms with E-state index < -0.39 is 11.9 Å². The van der Waals surface area contributed by atoms with Gasteiger partial charge in [-0.25, -0.2) is 5.48 Å². The molecule has 0 saturated carbocycles. The molecule has 0 aliphatic carbocycles. The lowest BCUT2D eigenvalue weighted by molar-refractivity contribution is -0.134. The number of likely N-dealkylation sites (tertiary alicyclic amines) is 1. The lowest BCUT2D eigenvalue weighted by Gasteiger charge is -2.31. The second kappa shape index (κ2) is 11.5. The molecular formula is C22H31N5O4. The molecule has 0 bridgehead atoms. The van der Waals surface area contributed by atoms with Gasteiger partial charge in [0.2, 0.25) is 0 Å². The summed E-state index contributed by atoms with van der Waals surface area (Å²) in [6.45, 7) is 3.99. The van der Waals surface area contributed by atoms with E-state index in [2.05, 4.69) is 15.5 Å². The van der Waals surface area contributed by atoms with Crippen LogP contribution in [0, 0.1) is 6.92 Å². The molecule has 4 N–H and O–H groups in total. The second-order valence-electron chi connectivity index (χ2n) is 7.84. The van der Waals surface area contributed by atoms with E-state index in [0.717, 1.165) is 50.0 Å². The number of amides is 2. The molecule has 9 nitrogen and oxygen atoms in total. The van der Waals surface area contributed by atoms with E-state index in [1.807, 2.05) is 11.8 Å². The highest BCUT2D eigenvalue weighted by atomic mass is 16.5. The quantitative estimate of drug-likeness (QED) is 0.377. The fraction of sp³-hybridized carbons (Fsp3) is 0.500. The minimum atomic E-state index is -0.604. The van der Waals surface area contributed by atoms with Crippen LogP contribution in [0.25, 0.3) is 0 Å². The van der Waals surface area contributed by atoms with Crippen LogP contribution in [0.5, 0.6) is 5.75 Å². The first-order valence-electron chi connectivity index (χ1n) is 10.8. The molecule has 0 spiro atoms. The number of benzene rings is 1. The zero-order chi connectivity index (χ0) is 22.1. The van der Waals surface area contributed by atoms with Gasteiger partial charge in [0.05, 0.1) is 6.20 Å². The highest BCUT2D eigenvalue weighted by Crippen LogP contribution is 2.16. The van der Waals surface area contributed by atoms with Gasteiger partial charge in [-0.2, -0.15) is 5.10 Å². The zero-order valence-corrected chi connectivity index (χ0v) is 17.9. The Balaban J connectivity index is 1.54. The van der Waals surface area contributed by atoms with E-state index in [1.165, 1.54) is 6.42 Å². The number of hydroxylamine groups is 1. The van der Waals surface area contributed by atoms with Crippen molar-refractivity contribution in [1.82, 2.24) is 25.9 Å². The number of carbonyl (C=O) groups excluding carboxylic acids is 2. The van der Waals surface area contributed by atoms with Crippen molar-refractivity contribution in [3.05, 3.63) is 47.3 Å². The lowest BCUT2D eigenvalue weighted by atomic mass is 10.1. The Bertz CT molecular complexity index is 844. The van der Waals surface area contributed by atoms with E-state index in [4.69, 9.17) is 9.94 Å². The summed E-state index contributed by atoms with van der Waals surface area (Å²) in [6.07, 6.45) is 7.20. The standard InChI is InChI=1S/C22H31N5O4/c1-16-18(13-24-25-16)15-31-19-9-7-17(8-10-19)21(28)23-14-20(22(29)26-30)27-11-5-3-2-4-6-12-27/h7-10,13,20,30H,2-6,11-12,14-15H2,1H3,(H,23,28)(H,24,25)(H,26,29)/t20-/m0/s1. The van der Waals surface area contributed by atoms with Crippen LogP contribution in [-0.4, -0.2) is 57.8 Å². The number of rotatable bonds is 8. The summed E-state index contributed by atoms with van der Waals surface area (Å²) in [5.41, 5.74) is 4.15. The van der Waals surface area contributed by atoms with E-state index >= 15 is 0 Å². The Morgan fingerprint density at radius 3 is 2.45 bits per heavy atom. The van der Waals surface area contributed by atoms with Crippen LogP contribution in [0.1, 0.15) is 53.7 Å². The van der Waals surface area contributed by atoms with Gasteiger partial charge >= 0.3 is 0 Å². The van der Waals surface area contributed by atoms with Crippen LogP contribution in [0.4, 0.5) is 0 Å². The van der Waals surface area contributed by atoms with Gasteiger partial charge in [-0.1, -0.05) is 19.3 Å². The van der Waals surface area contributed by atoms with Gasteiger partial charge < -0.3 is 10.1 Å². The Morgan fingerprint density at radius 2 is 1.84 bits per heavy atom. The first-order valence-corrected chi connectivity index (χ1v) is 10.8. The van der Waals surface area contributed by atoms with Gasteiger partial charge in [-0.05, 0) is 57.1 Å². The summed E-state index contributed by atoms with van der Waals surface area (Å²) in [5, 5.41) is 18.8. The first-order chi connectivity index (χ1) is 15.1. The predicted molar refractivity (Wildman–Crippen MR) is 115 cm³/mol. The third-order valence-corrected chi connectivity index (χ3v) is 5.65. The van der Waals surface area contributed by atoms with Gasteiger partial charge in [0.1, 0.15) is 18.4 Å². The van der Waals surface area contributed by atoms with E-state index in [1.54, 1.807) is 35.9 Å². The molecule has 1 saturated heterocycles. The number of aromatic amines is 1. The third-order valence-electron chi connectivity index (χ3n) is 5.65. The van der Waals surface area contributed by atoms with E-state index in [-0.39, 0.29) is 12.5 Å². The summed E-state index contributed by atoms with van der Waals surface area (Å²) in [7, 11) is 0. The van der Waals surface area contributed by atoms with E-state index in [0.29, 0.717) is 17.9 Å². The van der Waals surface area contributed by atoms with Gasteiger partial charge in [0, 0.05) is 23.4 Å². The van der Waals surface area contributed by atoms with Crippen molar-refractivity contribution in [2.75, 3.05) is 19.6 Å². The summed E-state index contributed by atoms with van der Waals surface area (Å²) in [4.78, 5) is 26.8. The molecule has 2 aromatic rings. The molecule has 1 aliphatic heterocycles. The van der Waals surface area contributed by atoms with E-state index in [9.17, 15) is 9.59 Å². The Morgan fingerprint density at radius 1 is 1.16 bits per heavy atom. The largest absolute Gasteiger partial charge is 0.489 e. The Kier molecular flexibility index (Phi) is 8.43. The summed E-state index contributed by atoms with van der Waals surface area (Å²) in [6, 6.07) is 6.24. The third kappa shape index (κ3) is 6.53. The number of H-pyrrole nitrogens is 1. The van der Waals surface area contributed by atoms with Crippen molar-refractivity contribution in [2.24, 2.45) is 0 Å². The minimum absolute atomic E-state index is 0.128. The van der Waals surface area contributed by atoms with Crippen molar-refractivity contribution in [2.45, 2.75) is 51.7 Å². The summed E-state index contributed by atoms with van der Waals surface area (Å²) >= 11 is 0.